The number of ether oxygens (including phenoxy) is 1. The molecular weight excluding hydrogens is 330 g/mol. The van der Waals surface area contributed by atoms with Gasteiger partial charge in [0.1, 0.15) is 5.75 Å². The minimum absolute atomic E-state index is 0.124. The van der Waals surface area contributed by atoms with Crippen LogP contribution < -0.4 is 15.4 Å². The van der Waals surface area contributed by atoms with Gasteiger partial charge in [-0.2, -0.15) is 5.26 Å². The van der Waals surface area contributed by atoms with E-state index in [9.17, 15) is 9.59 Å². The average molecular weight is 353 g/mol. The van der Waals surface area contributed by atoms with Crippen LogP contribution in [0, 0.1) is 29.1 Å². The topological polar surface area (TPSA) is 91.2 Å². The average Bonchev–Trinajstić information content (AvgIpc) is 2.58. The number of imide groups is 1. The van der Waals surface area contributed by atoms with Crippen LogP contribution in [0.4, 0.5) is 4.79 Å². The van der Waals surface area contributed by atoms with Crippen molar-refractivity contribution in [3.8, 4) is 11.8 Å². The third-order valence-electron chi connectivity index (χ3n) is 6.00. The second-order valence-electron chi connectivity index (χ2n) is 8.13. The molecule has 0 aliphatic heterocycles. The van der Waals surface area contributed by atoms with Gasteiger partial charge in [0.15, 0.2) is 6.61 Å². The van der Waals surface area contributed by atoms with E-state index in [0.29, 0.717) is 11.3 Å². The van der Waals surface area contributed by atoms with Crippen LogP contribution in [0.15, 0.2) is 24.3 Å². The predicted octanol–water partition coefficient (Wildman–Crippen LogP) is 2.73. The van der Waals surface area contributed by atoms with Crippen molar-refractivity contribution in [3.05, 3.63) is 29.8 Å². The van der Waals surface area contributed by atoms with Crippen molar-refractivity contribution in [1.82, 2.24) is 10.6 Å². The maximum atomic E-state index is 12.3. The maximum absolute atomic E-state index is 12.3. The van der Waals surface area contributed by atoms with Gasteiger partial charge in [-0.1, -0.05) is 6.07 Å². The molecule has 4 saturated carbocycles. The number of hydrogen-bond donors (Lipinski definition) is 2. The van der Waals surface area contributed by atoms with Crippen LogP contribution >= 0.6 is 0 Å². The highest BCUT2D eigenvalue weighted by Gasteiger charge is 2.51. The second kappa shape index (κ2) is 6.64. The normalized spacial score (nSPS) is 31.1. The number of hydrogen-bond acceptors (Lipinski definition) is 4. The molecule has 0 atom stereocenters. The first-order chi connectivity index (χ1) is 12.5. The van der Waals surface area contributed by atoms with Crippen LogP contribution in [-0.4, -0.2) is 24.1 Å². The lowest BCUT2D eigenvalue weighted by Gasteiger charge is -2.56. The summed E-state index contributed by atoms with van der Waals surface area (Å²) in [5.74, 6) is 2.13. The van der Waals surface area contributed by atoms with Crippen molar-refractivity contribution in [2.24, 2.45) is 17.8 Å². The minimum atomic E-state index is -0.491. The quantitative estimate of drug-likeness (QED) is 0.871. The molecule has 0 aromatic heterocycles. The molecule has 1 aromatic carbocycles. The van der Waals surface area contributed by atoms with Crippen molar-refractivity contribution >= 4 is 11.9 Å². The standard InChI is InChI=1S/C20H23N3O3/c21-11-13-2-1-3-17(7-13)26-12-18(24)22-19(25)23-20-8-14-4-15(9-20)6-16(5-14)10-20/h1-3,7,14-16H,4-6,8-10,12H2,(H2,22,23,24,25). The molecular formula is C20H23N3O3. The first-order valence-corrected chi connectivity index (χ1v) is 9.28. The van der Waals surface area contributed by atoms with Crippen LogP contribution in [0.1, 0.15) is 44.1 Å². The van der Waals surface area contributed by atoms with E-state index in [1.807, 2.05) is 6.07 Å². The van der Waals surface area contributed by atoms with Gasteiger partial charge in [-0.3, -0.25) is 10.1 Å². The van der Waals surface area contributed by atoms with Gasteiger partial charge < -0.3 is 10.1 Å². The molecule has 0 unspecified atom stereocenters. The molecule has 0 saturated heterocycles. The SMILES string of the molecule is N#Cc1cccc(OCC(=O)NC(=O)NC23CC4CC(CC(C4)C2)C3)c1. The molecule has 26 heavy (non-hydrogen) atoms. The number of rotatable bonds is 4. The molecule has 5 rings (SSSR count). The number of benzene rings is 1. The lowest BCUT2D eigenvalue weighted by Crippen LogP contribution is -2.62. The van der Waals surface area contributed by atoms with Crippen LogP contribution in [0.3, 0.4) is 0 Å². The molecule has 0 heterocycles. The molecule has 0 radical (unpaired) electrons. The third kappa shape index (κ3) is 3.52. The number of carbonyl (C=O) groups excluding carboxylic acids is 2. The van der Waals surface area contributed by atoms with E-state index in [1.54, 1.807) is 24.3 Å². The Kier molecular flexibility index (Phi) is 4.31. The van der Waals surface area contributed by atoms with Crippen molar-refractivity contribution in [1.29, 1.82) is 5.26 Å². The Bertz CT molecular complexity index is 733. The number of nitriles is 1. The smallest absolute Gasteiger partial charge is 0.321 e. The van der Waals surface area contributed by atoms with Crippen LogP contribution in [-0.2, 0) is 4.79 Å². The Morgan fingerprint density at radius 3 is 2.42 bits per heavy atom. The molecule has 4 fully saturated rings. The first kappa shape index (κ1) is 16.9. The van der Waals surface area contributed by atoms with Gasteiger partial charge in [-0.05, 0) is 74.5 Å². The number of carbonyl (C=O) groups is 2. The Hall–Kier alpha value is -2.55. The third-order valence-corrected chi connectivity index (χ3v) is 6.00. The van der Waals surface area contributed by atoms with Gasteiger partial charge in [-0.15, -0.1) is 0 Å². The zero-order valence-electron chi connectivity index (χ0n) is 14.7. The minimum Gasteiger partial charge on any atom is -0.484 e. The van der Waals surface area contributed by atoms with E-state index in [0.717, 1.165) is 37.0 Å². The highest BCUT2D eigenvalue weighted by molar-refractivity contribution is 5.95. The Labute approximate surface area is 152 Å². The Balaban J connectivity index is 1.28. The number of amides is 3. The summed E-state index contributed by atoms with van der Waals surface area (Å²) in [7, 11) is 0. The fourth-order valence-electron chi connectivity index (χ4n) is 5.50. The van der Waals surface area contributed by atoms with E-state index in [4.69, 9.17) is 10.00 Å². The van der Waals surface area contributed by atoms with Gasteiger partial charge in [0, 0.05) is 5.54 Å². The fraction of sp³-hybridized carbons (Fsp3) is 0.550. The van der Waals surface area contributed by atoms with E-state index < -0.39 is 11.9 Å². The van der Waals surface area contributed by atoms with E-state index in [1.165, 1.54) is 19.3 Å². The molecule has 0 spiro atoms. The van der Waals surface area contributed by atoms with Crippen LogP contribution in [0.5, 0.6) is 5.75 Å². The van der Waals surface area contributed by atoms with E-state index in [-0.39, 0.29) is 12.1 Å². The summed E-state index contributed by atoms with van der Waals surface area (Å²) in [6.45, 7) is -0.261. The summed E-state index contributed by atoms with van der Waals surface area (Å²) >= 11 is 0. The summed E-state index contributed by atoms with van der Waals surface area (Å²) in [6, 6.07) is 8.16. The van der Waals surface area contributed by atoms with Crippen LogP contribution in [0.2, 0.25) is 0 Å². The molecule has 2 N–H and O–H groups in total. The van der Waals surface area contributed by atoms with Crippen molar-refractivity contribution in [3.63, 3.8) is 0 Å². The van der Waals surface area contributed by atoms with E-state index in [2.05, 4.69) is 10.6 Å². The van der Waals surface area contributed by atoms with Crippen LogP contribution in [0.25, 0.3) is 0 Å². The molecule has 4 bridgehead atoms. The monoisotopic (exact) mass is 353 g/mol. The van der Waals surface area contributed by atoms with Crippen molar-refractivity contribution in [2.45, 2.75) is 44.1 Å². The summed E-state index contributed by atoms with van der Waals surface area (Å²) in [4.78, 5) is 24.3. The summed E-state index contributed by atoms with van der Waals surface area (Å²) in [6.07, 6.45) is 7.03. The zero-order chi connectivity index (χ0) is 18.1. The van der Waals surface area contributed by atoms with Crippen molar-refractivity contribution < 1.29 is 14.3 Å². The molecule has 1 aromatic rings. The zero-order valence-corrected chi connectivity index (χ0v) is 14.7. The van der Waals surface area contributed by atoms with Crippen molar-refractivity contribution in [2.75, 3.05) is 6.61 Å². The number of urea groups is 1. The second-order valence-corrected chi connectivity index (χ2v) is 8.13. The van der Waals surface area contributed by atoms with Gasteiger partial charge in [0.2, 0.25) is 0 Å². The van der Waals surface area contributed by atoms with Gasteiger partial charge in [-0.25, -0.2) is 4.79 Å². The largest absolute Gasteiger partial charge is 0.484 e. The van der Waals surface area contributed by atoms with Gasteiger partial charge in [0.25, 0.3) is 5.91 Å². The number of nitrogens with one attached hydrogen (secondary N) is 2. The lowest BCUT2D eigenvalue weighted by molar-refractivity contribution is -0.122. The highest BCUT2D eigenvalue weighted by Crippen LogP contribution is 2.55. The predicted molar refractivity (Wildman–Crippen MR) is 94.2 cm³/mol. The lowest BCUT2D eigenvalue weighted by atomic mass is 9.53. The fourth-order valence-corrected chi connectivity index (χ4v) is 5.50. The highest BCUT2D eigenvalue weighted by atomic mass is 16.5. The Morgan fingerprint density at radius 1 is 1.15 bits per heavy atom. The molecule has 4 aliphatic rings. The summed E-state index contributed by atoms with van der Waals surface area (Å²) < 4.78 is 5.36. The molecule has 136 valence electrons. The number of nitrogens with zero attached hydrogens (tertiary/aromatic N) is 1. The maximum Gasteiger partial charge on any atom is 0.321 e. The summed E-state index contributed by atoms with van der Waals surface area (Å²) in [5, 5.41) is 14.3. The first-order valence-electron chi connectivity index (χ1n) is 9.28. The molecule has 4 aliphatic carbocycles. The molecule has 6 heteroatoms. The Morgan fingerprint density at radius 2 is 1.81 bits per heavy atom. The van der Waals surface area contributed by atoms with Gasteiger partial charge in [0.05, 0.1) is 11.6 Å². The summed E-state index contributed by atoms with van der Waals surface area (Å²) in [5.41, 5.74) is 0.337. The van der Waals surface area contributed by atoms with Gasteiger partial charge >= 0.3 is 6.03 Å². The molecule has 6 nitrogen and oxygen atoms in total. The van der Waals surface area contributed by atoms with E-state index >= 15 is 0 Å². The molecule has 3 amide bonds.